The maximum atomic E-state index is 7.93. The normalized spacial score (nSPS) is 29.1. The lowest BCUT2D eigenvalue weighted by Gasteiger charge is -2.54. The fraction of sp³-hybridized carbons (Fsp3) is 0.623. The molecular weight excluding hydrogens is 884 g/mol. The fourth-order valence-electron chi connectivity index (χ4n) is 16.8. The van der Waals surface area contributed by atoms with E-state index < -0.39 is 0 Å². The van der Waals surface area contributed by atoms with Crippen molar-refractivity contribution < 1.29 is 4.42 Å². The Hall–Kier alpha value is -3.92. The summed E-state index contributed by atoms with van der Waals surface area (Å²) in [4.78, 5) is 5.88. The average molecular weight is 977 g/mol. The topological polar surface area (TPSA) is 19.6 Å². The number of benzene rings is 2. The predicted molar refractivity (Wildman–Crippen MR) is 313 cm³/mol. The van der Waals surface area contributed by atoms with Gasteiger partial charge in [-0.2, -0.15) is 0 Å². The van der Waals surface area contributed by atoms with Crippen LogP contribution in [0.2, 0.25) is 0 Å². The Morgan fingerprint density at radius 3 is 1.82 bits per heavy atom. The number of aryl methyl sites for hydroxylation is 1. The molecule has 3 aromatic rings. The van der Waals surface area contributed by atoms with Crippen LogP contribution in [0.1, 0.15) is 234 Å². The van der Waals surface area contributed by atoms with Crippen LogP contribution in [0.15, 0.2) is 80.4 Å². The molecule has 3 heterocycles. The molecule has 73 heavy (non-hydrogen) atoms. The van der Waals surface area contributed by atoms with E-state index in [4.69, 9.17) is 4.42 Å². The molecule has 2 aliphatic heterocycles. The largest absolute Gasteiger partial charge is 0.468 e. The summed E-state index contributed by atoms with van der Waals surface area (Å²) >= 11 is 0. The van der Waals surface area contributed by atoms with Crippen LogP contribution in [0.25, 0.3) is 6.08 Å². The molecule has 1 aromatic heterocycles. The maximum Gasteiger partial charge on any atom is 0.292 e. The SMILES string of the molecule is CCC(C)C1=CC2=C3B(c4cc5c(cc4N2c2cc4c(cc2C)C(C)(C)CCC4(C)C)C(C)(C)CCC5(C)C)c2oc4c(c2N(C2C=CC5=C(C2)C(C)(C)CCC5(C)C)C3C1)CC1C(=C4)C(C)(C)CCC1(C)C. The average Bonchev–Trinajstić information content (AvgIpc) is 3.69. The van der Waals surface area contributed by atoms with Gasteiger partial charge in [-0.3, -0.25) is 0 Å². The molecule has 0 bridgehead atoms. The highest BCUT2D eigenvalue weighted by Gasteiger charge is 2.57. The number of rotatable bonds is 4. The summed E-state index contributed by atoms with van der Waals surface area (Å²) in [5, 5.41) is 0. The minimum absolute atomic E-state index is 0.0196. The number of furan rings is 1. The number of hydrogen-bond acceptors (Lipinski definition) is 3. The van der Waals surface area contributed by atoms with Crippen molar-refractivity contribution in [2.24, 2.45) is 33.5 Å². The van der Waals surface area contributed by atoms with E-state index in [0.717, 1.165) is 31.4 Å². The second kappa shape index (κ2) is 15.6. The van der Waals surface area contributed by atoms with Crippen molar-refractivity contribution in [3.05, 3.63) is 115 Å². The first-order valence-corrected chi connectivity index (χ1v) is 29.6. The molecular formula is C69H93BN2O. The Morgan fingerprint density at radius 2 is 1.19 bits per heavy atom. The molecule has 2 aromatic carbocycles. The third-order valence-electron chi connectivity index (χ3n) is 22.7. The Kier molecular flexibility index (Phi) is 10.7. The van der Waals surface area contributed by atoms with Gasteiger partial charge in [-0.25, -0.2) is 0 Å². The van der Waals surface area contributed by atoms with Crippen molar-refractivity contribution in [2.75, 3.05) is 9.80 Å². The lowest BCUT2D eigenvalue weighted by Crippen LogP contribution is -2.64. The lowest BCUT2D eigenvalue weighted by atomic mass is 9.32. The Bertz CT molecular complexity index is 3050. The van der Waals surface area contributed by atoms with Gasteiger partial charge in [0.1, 0.15) is 5.76 Å². The van der Waals surface area contributed by atoms with Crippen molar-refractivity contribution in [2.45, 2.75) is 242 Å². The van der Waals surface area contributed by atoms with Crippen LogP contribution in [0.5, 0.6) is 0 Å². The molecule has 9 aliphatic rings. The summed E-state index contributed by atoms with van der Waals surface area (Å²) in [5.41, 5.74) is 26.5. The van der Waals surface area contributed by atoms with E-state index in [2.05, 4.69) is 190 Å². The summed E-state index contributed by atoms with van der Waals surface area (Å²) in [6.07, 6.45) is 24.7. The van der Waals surface area contributed by atoms with E-state index in [1.807, 2.05) is 0 Å². The van der Waals surface area contributed by atoms with Crippen molar-refractivity contribution in [1.82, 2.24) is 0 Å². The second-order valence-corrected chi connectivity index (χ2v) is 31.1. The third-order valence-corrected chi connectivity index (χ3v) is 22.7. The van der Waals surface area contributed by atoms with Crippen LogP contribution in [0, 0.1) is 40.4 Å². The van der Waals surface area contributed by atoms with E-state index >= 15 is 0 Å². The van der Waals surface area contributed by atoms with Gasteiger partial charge in [0.05, 0.1) is 17.4 Å². The second-order valence-electron chi connectivity index (χ2n) is 31.1. The minimum atomic E-state index is 0.0196. The smallest absolute Gasteiger partial charge is 0.292 e. The van der Waals surface area contributed by atoms with Crippen LogP contribution in [-0.4, -0.2) is 18.8 Å². The van der Waals surface area contributed by atoms with Crippen LogP contribution in [-0.2, 0) is 28.1 Å². The predicted octanol–water partition coefficient (Wildman–Crippen LogP) is 17.3. The quantitative estimate of drug-likeness (QED) is 0.243. The van der Waals surface area contributed by atoms with Crippen LogP contribution in [0.3, 0.4) is 0 Å². The molecule has 12 rings (SSSR count). The molecule has 1 fully saturated rings. The minimum Gasteiger partial charge on any atom is -0.468 e. The molecule has 4 atom stereocenters. The molecule has 0 N–H and O–H groups in total. The molecule has 0 saturated heterocycles. The third kappa shape index (κ3) is 7.21. The van der Waals surface area contributed by atoms with Crippen molar-refractivity contribution in [3.63, 3.8) is 0 Å². The molecule has 0 amide bonds. The Labute approximate surface area is 444 Å². The number of nitrogens with zero attached hydrogens (tertiary/aromatic N) is 2. The van der Waals surface area contributed by atoms with E-state index in [0.29, 0.717) is 11.8 Å². The Morgan fingerprint density at radius 1 is 0.630 bits per heavy atom. The first-order chi connectivity index (χ1) is 33.9. The van der Waals surface area contributed by atoms with Crippen molar-refractivity contribution in [1.29, 1.82) is 0 Å². The van der Waals surface area contributed by atoms with Gasteiger partial charge in [0.2, 0.25) is 0 Å². The van der Waals surface area contributed by atoms with Gasteiger partial charge in [0.15, 0.2) is 0 Å². The zero-order chi connectivity index (χ0) is 52.3. The van der Waals surface area contributed by atoms with Gasteiger partial charge in [-0.1, -0.05) is 166 Å². The molecule has 1 saturated carbocycles. The number of fused-ring (bicyclic) bond motifs is 9. The number of anilines is 3. The van der Waals surface area contributed by atoms with Gasteiger partial charge in [-0.05, 0) is 208 Å². The summed E-state index contributed by atoms with van der Waals surface area (Å²) in [6.45, 7) is 47.8. The van der Waals surface area contributed by atoms with Gasteiger partial charge >= 0.3 is 0 Å². The van der Waals surface area contributed by atoms with E-state index in [9.17, 15) is 0 Å². The number of hydrogen-bond donors (Lipinski definition) is 0. The maximum absolute atomic E-state index is 7.93. The first kappa shape index (κ1) is 49.9. The van der Waals surface area contributed by atoms with Gasteiger partial charge in [-0.15, -0.1) is 0 Å². The highest BCUT2D eigenvalue weighted by molar-refractivity contribution is 6.93. The lowest BCUT2D eigenvalue weighted by molar-refractivity contribution is 0.123. The van der Waals surface area contributed by atoms with E-state index in [1.54, 1.807) is 38.9 Å². The number of allylic oxidation sites excluding steroid dienone is 4. The van der Waals surface area contributed by atoms with E-state index in [-0.39, 0.29) is 62.1 Å². The molecule has 0 spiro atoms. The zero-order valence-electron chi connectivity index (χ0n) is 49.3. The monoisotopic (exact) mass is 977 g/mol. The standard InChI is InChI=1S/C69H93BN2O/c1-20-40(2)42-32-56-59-57(33-42)72(54-37-50-46(31-41(54)3)63(6,7)25-28-67(50,14)15)55-38-51-49(66(12,13)27-29-68(51,16)17)36-53(55)70(59)61-60(44-35-48-52(39-58(44)73-61)69(18,19)30-26-65(48,10)11)71(56)43-21-22-45-47(34-43)64(8,9)24-23-62(45,4)5/h21-22,31,33,36-40,43,48,56H,20,23-30,32,34-35H2,1-19H3. The summed E-state index contributed by atoms with van der Waals surface area (Å²) in [5.74, 6) is 2.11. The van der Waals surface area contributed by atoms with Gasteiger partial charge < -0.3 is 14.2 Å². The summed E-state index contributed by atoms with van der Waals surface area (Å²) in [6, 6.07) is 11.2. The Balaban J connectivity index is 1.19. The molecule has 3 nitrogen and oxygen atoms in total. The first-order valence-electron chi connectivity index (χ1n) is 29.6. The van der Waals surface area contributed by atoms with Crippen LogP contribution < -0.4 is 20.9 Å². The van der Waals surface area contributed by atoms with Gasteiger partial charge in [0.25, 0.3) is 6.71 Å². The summed E-state index contributed by atoms with van der Waals surface area (Å²) < 4.78 is 7.93. The zero-order valence-corrected chi connectivity index (χ0v) is 49.3. The van der Waals surface area contributed by atoms with Gasteiger partial charge in [0, 0.05) is 28.7 Å². The summed E-state index contributed by atoms with van der Waals surface area (Å²) in [7, 11) is 0. The van der Waals surface area contributed by atoms with Crippen molar-refractivity contribution in [3.8, 4) is 0 Å². The fourth-order valence-corrected chi connectivity index (χ4v) is 16.8. The highest BCUT2D eigenvalue weighted by Crippen LogP contribution is 2.60. The molecule has 4 unspecified atom stereocenters. The van der Waals surface area contributed by atoms with Crippen LogP contribution in [0.4, 0.5) is 17.1 Å². The molecule has 0 radical (unpaired) electrons. The van der Waals surface area contributed by atoms with E-state index in [1.165, 1.54) is 108 Å². The molecule has 4 heteroatoms. The molecule has 388 valence electrons. The van der Waals surface area contributed by atoms with Crippen molar-refractivity contribution >= 4 is 41.0 Å². The molecule has 7 aliphatic carbocycles. The highest BCUT2D eigenvalue weighted by atomic mass is 16.3. The van der Waals surface area contributed by atoms with Crippen LogP contribution >= 0.6 is 0 Å².